The van der Waals surface area contributed by atoms with Gasteiger partial charge in [-0.3, -0.25) is 0 Å². The minimum absolute atomic E-state index is 0.0396. The third kappa shape index (κ3) is 4.40. The standard InChI is InChI=1S/C20H18F4N2O/c21-17-2-1-3-18(16(17)12-25)27-19(14-8-10-26-11-9-14)13-4-6-15(7-5-13)20(22,23)24/h1-7,14,19,26H,8-11H2. The van der Waals surface area contributed by atoms with Gasteiger partial charge in [-0.25, -0.2) is 4.39 Å². The molecule has 0 bridgehead atoms. The highest BCUT2D eigenvalue weighted by molar-refractivity contribution is 5.44. The molecule has 0 spiro atoms. The summed E-state index contributed by atoms with van der Waals surface area (Å²) in [6.45, 7) is 1.53. The molecular formula is C20H18F4N2O. The van der Waals surface area contributed by atoms with E-state index in [0.29, 0.717) is 5.56 Å². The highest BCUT2D eigenvalue weighted by Gasteiger charge is 2.32. The van der Waals surface area contributed by atoms with E-state index in [1.165, 1.54) is 30.3 Å². The number of ether oxygens (including phenoxy) is 1. The van der Waals surface area contributed by atoms with Gasteiger partial charge in [0.15, 0.2) is 0 Å². The molecule has 1 saturated heterocycles. The van der Waals surface area contributed by atoms with Crippen molar-refractivity contribution in [2.24, 2.45) is 5.92 Å². The van der Waals surface area contributed by atoms with Gasteiger partial charge in [0.05, 0.1) is 5.56 Å². The summed E-state index contributed by atoms with van der Waals surface area (Å²) < 4.78 is 58.4. The van der Waals surface area contributed by atoms with E-state index in [1.807, 2.05) is 0 Å². The second-order valence-corrected chi connectivity index (χ2v) is 6.47. The molecule has 0 radical (unpaired) electrons. The second-order valence-electron chi connectivity index (χ2n) is 6.47. The van der Waals surface area contributed by atoms with Crippen LogP contribution < -0.4 is 10.1 Å². The number of alkyl halides is 3. The molecule has 0 aromatic heterocycles. The van der Waals surface area contributed by atoms with Crippen molar-refractivity contribution in [2.75, 3.05) is 13.1 Å². The van der Waals surface area contributed by atoms with Crippen molar-refractivity contribution in [3.63, 3.8) is 0 Å². The highest BCUT2D eigenvalue weighted by Crippen LogP contribution is 2.37. The molecule has 1 aliphatic heterocycles. The van der Waals surface area contributed by atoms with E-state index in [-0.39, 0.29) is 17.2 Å². The molecule has 2 aromatic carbocycles. The van der Waals surface area contributed by atoms with Crippen LogP contribution in [0.25, 0.3) is 0 Å². The maximum Gasteiger partial charge on any atom is 0.416 e. The Kier molecular flexibility index (Phi) is 5.66. The first-order valence-electron chi connectivity index (χ1n) is 8.63. The van der Waals surface area contributed by atoms with Crippen molar-refractivity contribution in [3.05, 3.63) is 65.0 Å². The first-order valence-corrected chi connectivity index (χ1v) is 8.63. The molecule has 1 fully saturated rings. The molecule has 142 valence electrons. The van der Waals surface area contributed by atoms with Crippen LogP contribution in [0.1, 0.15) is 35.6 Å². The molecule has 2 aromatic rings. The third-order valence-corrected chi connectivity index (χ3v) is 4.72. The average molecular weight is 378 g/mol. The molecule has 0 saturated carbocycles. The Morgan fingerprint density at radius 2 is 1.74 bits per heavy atom. The first-order chi connectivity index (χ1) is 12.9. The number of hydrogen-bond donors (Lipinski definition) is 1. The SMILES string of the molecule is N#Cc1c(F)cccc1OC(c1ccc(C(F)(F)F)cc1)C1CCNCC1. The molecule has 1 atom stereocenters. The largest absolute Gasteiger partial charge is 0.484 e. The molecule has 1 heterocycles. The van der Waals surface area contributed by atoms with E-state index in [2.05, 4.69) is 5.32 Å². The Hall–Kier alpha value is -2.59. The molecule has 0 amide bonds. The summed E-state index contributed by atoms with van der Waals surface area (Å²) in [4.78, 5) is 0. The fourth-order valence-corrected chi connectivity index (χ4v) is 3.29. The van der Waals surface area contributed by atoms with Crippen LogP contribution in [0.4, 0.5) is 17.6 Å². The van der Waals surface area contributed by atoms with Crippen molar-refractivity contribution in [2.45, 2.75) is 25.1 Å². The van der Waals surface area contributed by atoms with Crippen LogP contribution in [0.3, 0.4) is 0 Å². The van der Waals surface area contributed by atoms with Gasteiger partial charge in [0.2, 0.25) is 0 Å². The molecule has 1 aliphatic rings. The summed E-state index contributed by atoms with van der Waals surface area (Å²) in [5.74, 6) is -0.551. The van der Waals surface area contributed by atoms with Gasteiger partial charge in [-0.2, -0.15) is 18.4 Å². The van der Waals surface area contributed by atoms with Crippen LogP contribution >= 0.6 is 0 Å². The summed E-state index contributed by atoms with van der Waals surface area (Å²) in [6, 6.07) is 10.7. The molecule has 3 rings (SSSR count). The lowest BCUT2D eigenvalue weighted by molar-refractivity contribution is -0.137. The van der Waals surface area contributed by atoms with Crippen LogP contribution in [-0.2, 0) is 6.18 Å². The first kappa shape index (κ1) is 19.2. The number of hydrogen-bond acceptors (Lipinski definition) is 3. The van der Waals surface area contributed by atoms with Gasteiger partial charge in [-0.15, -0.1) is 0 Å². The number of benzene rings is 2. The number of piperidine rings is 1. The Morgan fingerprint density at radius 1 is 1.07 bits per heavy atom. The van der Waals surface area contributed by atoms with Crippen LogP contribution in [0, 0.1) is 23.1 Å². The number of nitrogens with one attached hydrogen (secondary N) is 1. The van der Waals surface area contributed by atoms with E-state index in [1.54, 1.807) is 6.07 Å². The second kappa shape index (κ2) is 7.97. The predicted molar refractivity (Wildman–Crippen MR) is 91.5 cm³/mol. The third-order valence-electron chi connectivity index (χ3n) is 4.72. The normalized spacial score (nSPS) is 16.6. The quantitative estimate of drug-likeness (QED) is 0.775. The van der Waals surface area contributed by atoms with Gasteiger partial charge in [0.1, 0.15) is 29.3 Å². The average Bonchev–Trinajstić information content (AvgIpc) is 2.66. The van der Waals surface area contributed by atoms with E-state index < -0.39 is 23.7 Å². The monoisotopic (exact) mass is 378 g/mol. The van der Waals surface area contributed by atoms with Crippen molar-refractivity contribution in [1.29, 1.82) is 5.26 Å². The van der Waals surface area contributed by atoms with Gasteiger partial charge < -0.3 is 10.1 Å². The summed E-state index contributed by atoms with van der Waals surface area (Å²) in [6.07, 6.45) is -3.45. The van der Waals surface area contributed by atoms with Crippen LogP contribution in [-0.4, -0.2) is 13.1 Å². The topological polar surface area (TPSA) is 45.0 Å². The van der Waals surface area contributed by atoms with E-state index in [4.69, 9.17) is 4.74 Å². The van der Waals surface area contributed by atoms with Gasteiger partial charge in [0, 0.05) is 5.92 Å². The van der Waals surface area contributed by atoms with Gasteiger partial charge >= 0.3 is 6.18 Å². The molecule has 7 heteroatoms. The Bertz CT molecular complexity index is 821. The zero-order chi connectivity index (χ0) is 19.4. The maximum atomic E-state index is 13.9. The lowest BCUT2D eigenvalue weighted by atomic mass is 9.87. The van der Waals surface area contributed by atoms with Crippen LogP contribution in [0.5, 0.6) is 5.75 Å². The Labute approximate surface area is 154 Å². The van der Waals surface area contributed by atoms with E-state index in [9.17, 15) is 22.8 Å². The molecule has 0 aliphatic carbocycles. The summed E-state index contributed by atoms with van der Waals surface area (Å²) in [5, 5.41) is 12.4. The highest BCUT2D eigenvalue weighted by atomic mass is 19.4. The summed E-state index contributed by atoms with van der Waals surface area (Å²) in [7, 11) is 0. The molecule has 1 N–H and O–H groups in total. The van der Waals surface area contributed by atoms with Crippen molar-refractivity contribution < 1.29 is 22.3 Å². The van der Waals surface area contributed by atoms with Crippen molar-refractivity contribution in [1.82, 2.24) is 5.32 Å². The van der Waals surface area contributed by atoms with E-state index in [0.717, 1.165) is 38.1 Å². The number of halogens is 4. The van der Waals surface area contributed by atoms with Crippen molar-refractivity contribution in [3.8, 4) is 11.8 Å². The molecular weight excluding hydrogens is 360 g/mol. The smallest absolute Gasteiger partial charge is 0.416 e. The fourth-order valence-electron chi connectivity index (χ4n) is 3.29. The number of nitriles is 1. The predicted octanol–water partition coefficient (Wildman–Crippen LogP) is 4.84. The van der Waals surface area contributed by atoms with Gasteiger partial charge in [0.25, 0.3) is 0 Å². The fraction of sp³-hybridized carbons (Fsp3) is 0.350. The summed E-state index contributed by atoms with van der Waals surface area (Å²) >= 11 is 0. The lowest BCUT2D eigenvalue weighted by Gasteiger charge is -2.32. The minimum Gasteiger partial charge on any atom is -0.484 e. The number of rotatable bonds is 4. The Morgan fingerprint density at radius 3 is 2.33 bits per heavy atom. The molecule has 27 heavy (non-hydrogen) atoms. The molecule has 3 nitrogen and oxygen atoms in total. The zero-order valence-corrected chi connectivity index (χ0v) is 14.4. The number of nitrogens with zero attached hydrogens (tertiary/aromatic N) is 1. The lowest BCUT2D eigenvalue weighted by Crippen LogP contribution is -2.32. The molecule has 1 unspecified atom stereocenters. The van der Waals surface area contributed by atoms with Gasteiger partial charge in [-0.1, -0.05) is 18.2 Å². The van der Waals surface area contributed by atoms with Crippen LogP contribution in [0.15, 0.2) is 42.5 Å². The zero-order valence-electron chi connectivity index (χ0n) is 14.4. The van der Waals surface area contributed by atoms with Gasteiger partial charge in [-0.05, 0) is 55.8 Å². The van der Waals surface area contributed by atoms with Crippen LogP contribution in [0.2, 0.25) is 0 Å². The summed E-state index contributed by atoms with van der Waals surface area (Å²) in [5.41, 5.74) is -0.370. The van der Waals surface area contributed by atoms with E-state index >= 15 is 0 Å². The minimum atomic E-state index is -4.42. The Balaban J connectivity index is 1.95. The van der Waals surface area contributed by atoms with Crippen molar-refractivity contribution >= 4 is 0 Å². The maximum absolute atomic E-state index is 13.9.